The molecule has 0 radical (unpaired) electrons. The molecule has 1 amide bonds. The number of carboxylic acid groups (broad SMARTS) is 1. The van der Waals surface area contributed by atoms with Crippen LogP contribution < -0.4 is 0 Å². The van der Waals surface area contributed by atoms with Crippen molar-refractivity contribution in [1.82, 2.24) is 14.7 Å². The number of aliphatic carboxylic acids is 1. The molecule has 0 saturated carbocycles. The number of aryl methyl sites for hydroxylation is 1. The van der Waals surface area contributed by atoms with Crippen molar-refractivity contribution in [2.75, 3.05) is 13.1 Å². The largest absolute Gasteiger partial charge is 0.479 e. The quantitative estimate of drug-likeness (QED) is 0.922. The lowest BCUT2D eigenvalue weighted by Crippen LogP contribution is -2.51. The van der Waals surface area contributed by atoms with Crippen LogP contribution in [0.4, 0.5) is 0 Å². The molecule has 1 aromatic carbocycles. The fourth-order valence-corrected chi connectivity index (χ4v) is 2.75. The summed E-state index contributed by atoms with van der Waals surface area (Å²) in [7, 11) is 0. The van der Waals surface area contributed by atoms with Gasteiger partial charge in [0.15, 0.2) is 6.10 Å². The monoisotopic (exact) mass is 329 g/mol. The number of hydrogen-bond donors (Lipinski definition) is 1. The molecule has 7 nitrogen and oxygen atoms in total. The Morgan fingerprint density at radius 3 is 2.54 bits per heavy atom. The molecule has 1 unspecified atom stereocenters. The smallest absolute Gasteiger partial charge is 0.334 e. The van der Waals surface area contributed by atoms with Gasteiger partial charge in [-0.2, -0.15) is 5.10 Å². The molecule has 0 spiro atoms. The number of amides is 1. The number of carboxylic acids is 1. The number of rotatable bonds is 3. The van der Waals surface area contributed by atoms with Gasteiger partial charge in [0.2, 0.25) is 0 Å². The van der Waals surface area contributed by atoms with Crippen LogP contribution in [0.15, 0.2) is 36.7 Å². The highest BCUT2D eigenvalue weighted by atomic mass is 16.5. The van der Waals surface area contributed by atoms with Gasteiger partial charge in [-0.15, -0.1) is 0 Å². The first-order valence-electron chi connectivity index (χ1n) is 7.73. The molecular weight excluding hydrogens is 310 g/mol. The van der Waals surface area contributed by atoms with Gasteiger partial charge in [-0.3, -0.25) is 4.79 Å². The zero-order chi connectivity index (χ0) is 17.3. The van der Waals surface area contributed by atoms with Crippen LogP contribution in [0.2, 0.25) is 0 Å². The molecule has 1 aliphatic heterocycles. The third kappa shape index (κ3) is 3.30. The maximum absolute atomic E-state index is 12.6. The molecule has 2 atom stereocenters. The van der Waals surface area contributed by atoms with E-state index in [2.05, 4.69) is 5.10 Å². The van der Waals surface area contributed by atoms with Crippen molar-refractivity contribution in [3.8, 4) is 5.69 Å². The highest BCUT2D eigenvalue weighted by molar-refractivity contribution is 5.94. The summed E-state index contributed by atoms with van der Waals surface area (Å²) in [5, 5.41) is 13.3. The topological polar surface area (TPSA) is 84.7 Å². The summed E-state index contributed by atoms with van der Waals surface area (Å²) in [6.45, 7) is 4.15. The molecule has 7 heteroatoms. The van der Waals surface area contributed by atoms with Crippen molar-refractivity contribution in [1.29, 1.82) is 0 Å². The van der Waals surface area contributed by atoms with Gasteiger partial charge in [0, 0.05) is 18.3 Å². The average molecular weight is 329 g/mol. The van der Waals surface area contributed by atoms with Crippen LogP contribution in [0, 0.1) is 6.92 Å². The standard InChI is InChI=1S/C17H19N3O4/c1-11-7-18-20(8-11)14-5-3-13(4-6-14)16(21)19-9-12(2)24-15(10-19)17(22)23/h3-8,12,15H,9-10H2,1-2H3,(H,22,23)/t12-,15?/m1/s1. The molecule has 24 heavy (non-hydrogen) atoms. The van der Waals surface area contributed by atoms with Crippen molar-refractivity contribution in [2.45, 2.75) is 26.1 Å². The molecule has 1 aromatic heterocycles. The fourth-order valence-electron chi connectivity index (χ4n) is 2.75. The van der Waals surface area contributed by atoms with Crippen molar-refractivity contribution >= 4 is 11.9 Å². The zero-order valence-corrected chi connectivity index (χ0v) is 13.5. The summed E-state index contributed by atoms with van der Waals surface area (Å²) in [5.41, 5.74) is 2.43. The van der Waals surface area contributed by atoms with Gasteiger partial charge in [0.1, 0.15) is 0 Å². The van der Waals surface area contributed by atoms with Crippen LogP contribution in [0.1, 0.15) is 22.8 Å². The second-order valence-electron chi connectivity index (χ2n) is 5.99. The summed E-state index contributed by atoms with van der Waals surface area (Å²) in [5.74, 6) is -1.25. The van der Waals surface area contributed by atoms with E-state index in [9.17, 15) is 9.59 Å². The lowest BCUT2D eigenvalue weighted by Gasteiger charge is -2.35. The van der Waals surface area contributed by atoms with E-state index in [0.29, 0.717) is 12.1 Å². The van der Waals surface area contributed by atoms with Crippen LogP contribution in [0.3, 0.4) is 0 Å². The maximum atomic E-state index is 12.6. The lowest BCUT2D eigenvalue weighted by molar-refractivity contribution is -0.160. The van der Waals surface area contributed by atoms with Crippen molar-refractivity contribution < 1.29 is 19.4 Å². The first-order valence-corrected chi connectivity index (χ1v) is 7.73. The number of carbonyl (C=O) groups excluding carboxylic acids is 1. The summed E-state index contributed by atoms with van der Waals surface area (Å²) < 4.78 is 7.08. The summed E-state index contributed by atoms with van der Waals surface area (Å²) >= 11 is 0. The van der Waals surface area contributed by atoms with E-state index in [4.69, 9.17) is 9.84 Å². The number of benzene rings is 1. The van der Waals surface area contributed by atoms with Crippen LogP contribution in [0.5, 0.6) is 0 Å². The predicted octanol–water partition coefficient (Wildman–Crippen LogP) is 1.49. The van der Waals surface area contributed by atoms with E-state index in [-0.39, 0.29) is 18.6 Å². The maximum Gasteiger partial charge on any atom is 0.334 e. The Hall–Kier alpha value is -2.67. The van der Waals surface area contributed by atoms with Gasteiger partial charge in [-0.1, -0.05) is 0 Å². The molecule has 2 heterocycles. The number of hydrogen-bond acceptors (Lipinski definition) is 4. The SMILES string of the molecule is Cc1cnn(-c2ccc(C(=O)N3CC(C(=O)O)O[C@H](C)C3)cc2)c1. The van der Waals surface area contributed by atoms with Gasteiger partial charge in [0.05, 0.1) is 24.5 Å². The average Bonchev–Trinajstić information content (AvgIpc) is 3.00. The summed E-state index contributed by atoms with van der Waals surface area (Å²) in [6, 6.07) is 7.09. The minimum Gasteiger partial charge on any atom is -0.479 e. The third-order valence-electron chi connectivity index (χ3n) is 3.91. The number of aromatic nitrogens is 2. The zero-order valence-electron chi connectivity index (χ0n) is 13.5. The first kappa shape index (κ1) is 16.2. The van der Waals surface area contributed by atoms with Gasteiger partial charge < -0.3 is 14.7 Å². The Morgan fingerprint density at radius 2 is 1.96 bits per heavy atom. The highest BCUT2D eigenvalue weighted by Gasteiger charge is 2.32. The second-order valence-corrected chi connectivity index (χ2v) is 5.99. The minimum atomic E-state index is -1.05. The van der Waals surface area contributed by atoms with Gasteiger partial charge >= 0.3 is 5.97 Å². The van der Waals surface area contributed by atoms with Crippen LogP contribution in [0.25, 0.3) is 5.69 Å². The number of morpholine rings is 1. The summed E-state index contributed by atoms with van der Waals surface area (Å²) in [6.07, 6.45) is 2.37. The molecule has 2 aromatic rings. The molecule has 1 aliphatic rings. The van der Waals surface area contributed by atoms with Gasteiger partial charge in [-0.25, -0.2) is 9.48 Å². The normalized spacial score (nSPS) is 20.8. The molecule has 1 saturated heterocycles. The van der Waals surface area contributed by atoms with E-state index < -0.39 is 12.1 Å². The van der Waals surface area contributed by atoms with E-state index >= 15 is 0 Å². The Labute approximate surface area is 139 Å². The second kappa shape index (κ2) is 6.45. The Morgan fingerprint density at radius 1 is 1.25 bits per heavy atom. The van der Waals surface area contributed by atoms with E-state index in [1.807, 2.05) is 25.3 Å². The van der Waals surface area contributed by atoms with E-state index in [0.717, 1.165) is 11.3 Å². The Kier molecular flexibility index (Phi) is 4.35. The Bertz CT molecular complexity index is 753. The molecule has 0 bridgehead atoms. The number of ether oxygens (including phenoxy) is 1. The third-order valence-corrected chi connectivity index (χ3v) is 3.91. The van der Waals surface area contributed by atoms with Crippen LogP contribution in [-0.2, 0) is 9.53 Å². The molecule has 0 aliphatic carbocycles. The molecule has 3 rings (SSSR count). The predicted molar refractivity (Wildman–Crippen MR) is 86.2 cm³/mol. The molecule has 1 N–H and O–H groups in total. The van der Waals surface area contributed by atoms with Crippen molar-refractivity contribution in [3.05, 3.63) is 47.8 Å². The van der Waals surface area contributed by atoms with Crippen LogP contribution in [-0.4, -0.2) is 57.0 Å². The summed E-state index contributed by atoms with van der Waals surface area (Å²) in [4.78, 5) is 25.3. The van der Waals surface area contributed by atoms with Crippen molar-refractivity contribution in [2.24, 2.45) is 0 Å². The highest BCUT2D eigenvalue weighted by Crippen LogP contribution is 2.16. The molecule has 126 valence electrons. The first-order chi connectivity index (χ1) is 11.4. The van der Waals surface area contributed by atoms with E-state index in [1.54, 1.807) is 29.9 Å². The van der Waals surface area contributed by atoms with Crippen LogP contribution >= 0.6 is 0 Å². The van der Waals surface area contributed by atoms with Crippen molar-refractivity contribution in [3.63, 3.8) is 0 Å². The van der Waals surface area contributed by atoms with Gasteiger partial charge in [0.25, 0.3) is 5.91 Å². The van der Waals surface area contributed by atoms with E-state index in [1.165, 1.54) is 4.90 Å². The number of nitrogens with zero attached hydrogens (tertiary/aromatic N) is 3. The molecule has 1 fully saturated rings. The number of carbonyl (C=O) groups is 2. The minimum absolute atomic E-state index is 0.0542. The Balaban J connectivity index is 1.76. The lowest BCUT2D eigenvalue weighted by atomic mass is 10.1. The van der Waals surface area contributed by atoms with Gasteiger partial charge in [-0.05, 0) is 43.7 Å². The fraction of sp³-hybridized carbons (Fsp3) is 0.353. The molecular formula is C17H19N3O4.